The molecule has 0 saturated carbocycles. The van der Waals surface area contributed by atoms with Crippen molar-refractivity contribution in [2.75, 3.05) is 6.61 Å². The summed E-state index contributed by atoms with van der Waals surface area (Å²) in [6.45, 7) is 6.96. The number of aromatic nitrogens is 2. The Kier molecular flexibility index (Phi) is 7.94. The maximum absolute atomic E-state index is 13.2. The van der Waals surface area contributed by atoms with Crippen LogP contribution in [0.25, 0.3) is 11.0 Å². The maximum Gasteiger partial charge on any atom is 0.437 e. The quantitative estimate of drug-likeness (QED) is 0.239. The van der Waals surface area contributed by atoms with Crippen LogP contribution in [0.5, 0.6) is 5.75 Å². The number of para-hydroxylation sites is 2. The van der Waals surface area contributed by atoms with Gasteiger partial charge in [0.15, 0.2) is 0 Å². The Morgan fingerprint density at radius 2 is 1.58 bits per heavy atom. The van der Waals surface area contributed by atoms with Gasteiger partial charge in [0.05, 0.1) is 24.2 Å². The van der Waals surface area contributed by atoms with Gasteiger partial charge < -0.3 is 18.6 Å². The predicted octanol–water partition coefficient (Wildman–Crippen LogP) is 6.70. The third-order valence-electron chi connectivity index (χ3n) is 5.43. The summed E-state index contributed by atoms with van der Waals surface area (Å²) in [6.07, 6.45) is 0.0112. The number of fused-ring (bicyclic) bond motifs is 1. The summed E-state index contributed by atoms with van der Waals surface area (Å²) in [4.78, 5) is 17.2. The zero-order valence-corrected chi connectivity index (χ0v) is 22.2. The Morgan fingerprint density at radius 3 is 2.25 bits per heavy atom. The van der Waals surface area contributed by atoms with Crippen molar-refractivity contribution in [3.8, 4) is 5.75 Å². The molecule has 4 rings (SSSR count). The fourth-order valence-electron chi connectivity index (χ4n) is 3.89. The third-order valence-corrected chi connectivity index (χ3v) is 6.20. The molecular formula is C28H29BrFN3O3. The third kappa shape index (κ3) is 6.43. The first-order chi connectivity index (χ1) is 17.2. The van der Waals surface area contributed by atoms with Gasteiger partial charge in [0.1, 0.15) is 17.2 Å². The molecule has 0 fully saturated rings. The Hall–Kier alpha value is -3.39. The van der Waals surface area contributed by atoms with Gasteiger partial charge in [-0.05, 0) is 75.2 Å². The van der Waals surface area contributed by atoms with Crippen molar-refractivity contribution in [2.45, 2.75) is 45.9 Å². The summed E-state index contributed by atoms with van der Waals surface area (Å²) < 4.78 is 29.5. The number of rotatable bonds is 7. The molecule has 1 aromatic heterocycles. The van der Waals surface area contributed by atoms with Gasteiger partial charge in [0.2, 0.25) is 5.62 Å². The van der Waals surface area contributed by atoms with E-state index in [9.17, 15) is 9.18 Å². The summed E-state index contributed by atoms with van der Waals surface area (Å²) >= 11 is 3.64. The molecule has 0 aliphatic heterocycles. The number of halogens is 2. The van der Waals surface area contributed by atoms with Crippen LogP contribution in [-0.4, -0.2) is 27.4 Å². The van der Waals surface area contributed by atoms with Crippen molar-refractivity contribution in [2.24, 2.45) is 4.99 Å². The van der Waals surface area contributed by atoms with E-state index in [1.54, 1.807) is 12.1 Å². The Balaban J connectivity index is 1.71. The van der Waals surface area contributed by atoms with Gasteiger partial charge in [0, 0.05) is 11.0 Å². The number of imidazole rings is 1. The summed E-state index contributed by atoms with van der Waals surface area (Å²) in [5.74, 6) is 0.306. The highest BCUT2D eigenvalue weighted by Gasteiger charge is 2.18. The highest BCUT2D eigenvalue weighted by molar-refractivity contribution is 9.10. The molecule has 0 unspecified atom stereocenters. The van der Waals surface area contributed by atoms with Gasteiger partial charge in [-0.25, -0.2) is 9.18 Å². The standard InChI is InChI=1S/C28H29BrFN3O3/c1-28(2,3)36-27(34)31-26-32(17-8-18-35-22-15-13-21(30)14-16-22)24-11-6-7-12-25(24)33(26)19-20-9-4-5-10-23(20)29/h4-7,9-16H,8,17-19H2,1-3H3/b31-26+. The molecule has 1 heterocycles. The van der Waals surface area contributed by atoms with Crippen molar-refractivity contribution >= 4 is 33.1 Å². The zero-order chi connectivity index (χ0) is 25.7. The SMILES string of the molecule is CC(C)(C)OC(=O)/N=c1\n(CCCOc2ccc(F)cc2)c2ccccc2n1Cc1ccccc1Br. The minimum Gasteiger partial charge on any atom is -0.494 e. The van der Waals surface area contributed by atoms with Crippen LogP contribution in [0.1, 0.15) is 32.8 Å². The molecule has 6 nitrogen and oxygen atoms in total. The average molecular weight is 554 g/mol. The molecule has 4 aromatic rings. The molecule has 3 aromatic carbocycles. The van der Waals surface area contributed by atoms with Crippen LogP contribution < -0.4 is 10.4 Å². The molecule has 1 amide bonds. The molecule has 0 atom stereocenters. The lowest BCUT2D eigenvalue weighted by Gasteiger charge is -2.17. The van der Waals surface area contributed by atoms with E-state index in [-0.39, 0.29) is 5.82 Å². The molecule has 0 spiro atoms. The van der Waals surface area contributed by atoms with E-state index in [0.29, 0.717) is 37.5 Å². The van der Waals surface area contributed by atoms with Crippen molar-refractivity contribution in [1.29, 1.82) is 0 Å². The summed E-state index contributed by atoms with van der Waals surface area (Å²) in [5.41, 5.74) is 2.81. The number of carbonyl (C=O) groups excluding carboxylic acids is 1. The summed E-state index contributed by atoms with van der Waals surface area (Å²) in [5, 5.41) is 0. The predicted molar refractivity (Wildman–Crippen MR) is 141 cm³/mol. The van der Waals surface area contributed by atoms with Crippen LogP contribution in [0.15, 0.2) is 82.3 Å². The monoisotopic (exact) mass is 553 g/mol. The topological polar surface area (TPSA) is 57.7 Å². The van der Waals surface area contributed by atoms with Crippen LogP contribution >= 0.6 is 15.9 Å². The van der Waals surface area contributed by atoms with E-state index in [1.807, 2.05) is 78.4 Å². The number of amides is 1. The lowest BCUT2D eigenvalue weighted by molar-refractivity contribution is 0.0593. The second kappa shape index (κ2) is 11.1. The molecule has 0 bridgehead atoms. The van der Waals surface area contributed by atoms with Crippen LogP contribution in [0.4, 0.5) is 9.18 Å². The van der Waals surface area contributed by atoms with Crippen molar-refractivity contribution in [3.05, 3.63) is 94.3 Å². The van der Waals surface area contributed by atoms with E-state index in [4.69, 9.17) is 9.47 Å². The van der Waals surface area contributed by atoms with Crippen LogP contribution in [0, 0.1) is 5.82 Å². The van der Waals surface area contributed by atoms with Crippen LogP contribution in [-0.2, 0) is 17.8 Å². The molecule has 0 radical (unpaired) electrons. The Bertz CT molecular complexity index is 1420. The number of nitrogens with zero attached hydrogens (tertiary/aromatic N) is 3. The minimum absolute atomic E-state index is 0.302. The van der Waals surface area contributed by atoms with E-state index < -0.39 is 11.7 Å². The van der Waals surface area contributed by atoms with E-state index in [2.05, 4.69) is 20.9 Å². The fourth-order valence-corrected chi connectivity index (χ4v) is 4.30. The first kappa shape index (κ1) is 25.7. The second-order valence-corrected chi connectivity index (χ2v) is 10.2. The molecule has 36 heavy (non-hydrogen) atoms. The lowest BCUT2D eigenvalue weighted by atomic mass is 10.2. The smallest absolute Gasteiger partial charge is 0.437 e. The Morgan fingerprint density at radius 1 is 0.944 bits per heavy atom. The molecule has 8 heteroatoms. The number of ether oxygens (including phenoxy) is 2. The largest absolute Gasteiger partial charge is 0.494 e. The normalized spacial score (nSPS) is 12.2. The van der Waals surface area contributed by atoms with E-state index >= 15 is 0 Å². The van der Waals surface area contributed by atoms with Gasteiger partial charge in [-0.2, -0.15) is 0 Å². The van der Waals surface area contributed by atoms with Gasteiger partial charge in [-0.3, -0.25) is 0 Å². The number of hydrogen-bond donors (Lipinski definition) is 0. The Labute approximate surface area is 218 Å². The van der Waals surface area contributed by atoms with Gasteiger partial charge in [-0.15, -0.1) is 4.99 Å². The van der Waals surface area contributed by atoms with Crippen LogP contribution in [0.3, 0.4) is 0 Å². The second-order valence-electron chi connectivity index (χ2n) is 9.37. The van der Waals surface area contributed by atoms with Gasteiger partial charge in [-0.1, -0.05) is 46.3 Å². The highest BCUT2D eigenvalue weighted by atomic mass is 79.9. The number of aryl methyl sites for hydroxylation is 1. The van der Waals surface area contributed by atoms with Crippen molar-refractivity contribution in [1.82, 2.24) is 9.13 Å². The average Bonchev–Trinajstić information content (AvgIpc) is 3.10. The number of benzene rings is 3. The molecule has 0 N–H and O–H groups in total. The summed E-state index contributed by atoms with van der Waals surface area (Å²) in [7, 11) is 0. The first-order valence-corrected chi connectivity index (χ1v) is 12.6. The molecule has 0 aliphatic carbocycles. The summed E-state index contributed by atoms with van der Waals surface area (Å²) in [6, 6.07) is 21.9. The maximum atomic E-state index is 13.2. The van der Waals surface area contributed by atoms with Gasteiger partial charge in [0.25, 0.3) is 0 Å². The van der Waals surface area contributed by atoms with Crippen molar-refractivity contribution in [3.63, 3.8) is 0 Å². The molecule has 0 aliphatic rings. The van der Waals surface area contributed by atoms with Crippen LogP contribution in [0.2, 0.25) is 0 Å². The zero-order valence-electron chi connectivity index (χ0n) is 20.6. The van der Waals surface area contributed by atoms with E-state index in [0.717, 1.165) is 21.1 Å². The van der Waals surface area contributed by atoms with E-state index in [1.165, 1.54) is 12.1 Å². The lowest BCUT2D eigenvalue weighted by Crippen LogP contribution is -2.30. The fraction of sp³-hybridized carbons (Fsp3) is 0.286. The number of carbonyl (C=O) groups is 1. The highest BCUT2D eigenvalue weighted by Crippen LogP contribution is 2.20. The molecule has 188 valence electrons. The minimum atomic E-state index is -0.659. The number of hydrogen-bond acceptors (Lipinski definition) is 3. The molecular weight excluding hydrogens is 525 g/mol. The van der Waals surface area contributed by atoms with Crippen molar-refractivity contribution < 1.29 is 18.7 Å². The van der Waals surface area contributed by atoms with Gasteiger partial charge >= 0.3 is 6.09 Å². The first-order valence-electron chi connectivity index (χ1n) is 11.8. The molecule has 0 saturated heterocycles.